The van der Waals surface area contributed by atoms with Crippen molar-refractivity contribution >= 4 is 12.0 Å². The van der Waals surface area contributed by atoms with Gasteiger partial charge in [-0.3, -0.25) is 4.79 Å². The van der Waals surface area contributed by atoms with Gasteiger partial charge in [-0.15, -0.1) is 0 Å². The highest BCUT2D eigenvalue weighted by Crippen LogP contribution is 2.41. The van der Waals surface area contributed by atoms with E-state index in [-0.39, 0.29) is 23.8 Å². The monoisotopic (exact) mass is 445 g/mol. The van der Waals surface area contributed by atoms with Gasteiger partial charge in [0.1, 0.15) is 11.6 Å². The van der Waals surface area contributed by atoms with Crippen molar-refractivity contribution in [3.05, 3.63) is 83.2 Å². The van der Waals surface area contributed by atoms with Crippen LogP contribution < -0.4 is 4.74 Å². The minimum Gasteiger partial charge on any atom is -0.495 e. The molecule has 2 aliphatic rings. The van der Waals surface area contributed by atoms with Crippen molar-refractivity contribution in [1.82, 2.24) is 14.5 Å². The summed E-state index contributed by atoms with van der Waals surface area (Å²) < 4.78 is 21.5. The molecule has 170 valence electrons. The number of benzene rings is 2. The van der Waals surface area contributed by atoms with Crippen LogP contribution >= 0.6 is 0 Å². The van der Waals surface area contributed by atoms with E-state index in [0.29, 0.717) is 0 Å². The molecule has 5 rings (SSSR count). The summed E-state index contributed by atoms with van der Waals surface area (Å²) in [5.41, 5.74) is 4.44. The first-order valence-corrected chi connectivity index (χ1v) is 11.5. The fourth-order valence-electron chi connectivity index (χ4n) is 5.19. The molecule has 2 aliphatic heterocycles. The highest BCUT2D eigenvalue weighted by molar-refractivity contribution is 5.99. The van der Waals surface area contributed by atoms with Gasteiger partial charge >= 0.3 is 0 Å². The fourth-order valence-corrected chi connectivity index (χ4v) is 5.19. The number of carbonyl (C=O) groups is 1. The number of rotatable bonds is 4. The van der Waals surface area contributed by atoms with Gasteiger partial charge < -0.3 is 14.2 Å². The van der Waals surface area contributed by atoms with E-state index in [4.69, 9.17) is 4.74 Å². The summed E-state index contributed by atoms with van der Waals surface area (Å²) in [4.78, 5) is 19.9. The van der Waals surface area contributed by atoms with Crippen molar-refractivity contribution in [2.45, 2.75) is 51.1 Å². The molecule has 0 unspecified atom stereocenters. The van der Waals surface area contributed by atoms with Crippen LogP contribution in [-0.2, 0) is 4.79 Å². The number of hydrogen-bond acceptors (Lipinski definition) is 3. The Morgan fingerprint density at radius 3 is 2.79 bits per heavy atom. The molecule has 5 nitrogen and oxygen atoms in total. The number of carbonyl (C=O) groups excluding carboxylic acids is 1. The van der Waals surface area contributed by atoms with E-state index in [1.165, 1.54) is 6.07 Å². The van der Waals surface area contributed by atoms with E-state index in [2.05, 4.69) is 4.98 Å². The summed E-state index contributed by atoms with van der Waals surface area (Å²) in [6.45, 7) is 1.95. The lowest BCUT2D eigenvalue weighted by Crippen LogP contribution is -2.49. The molecule has 2 fully saturated rings. The van der Waals surface area contributed by atoms with Crippen molar-refractivity contribution in [1.29, 1.82) is 0 Å². The summed E-state index contributed by atoms with van der Waals surface area (Å²) in [5.74, 6) is 0.530. The largest absolute Gasteiger partial charge is 0.495 e. The second kappa shape index (κ2) is 8.85. The molecule has 2 aromatic carbocycles. The molecule has 0 bridgehead atoms. The molecule has 6 heteroatoms. The van der Waals surface area contributed by atoms with Crippen molar-refractivity contribution < 1.29 is 13.9 Å². The smallest absolute Gasteiger partial charge is 0.250 e. The molecule has 33 heavy (non-hydrogen) atoms. The number of imidazole rings is 1. The predicted octanol–water partition coefficient (Wildman–Crippen LogP) is 5.63. The number of hydrogen-bond donors (Lipinski definition) is 0. The van der Waals surface area contributed by atoms with Crippen LogP contribution in [0.25, 0.3) is 11.8 Å². The van der Waals surface area contributed by atoms with Gasteiger partial charge in [0.25, 0.3) is 5.91 Å². The topological polar surface area (TPSA) is 47.4 Å². The molecular weight excluding hydrogens is 417 g/mol. The second-order valence-corrected chi connectivity index (χ2v) is 8.93. The van der Waals surface area contributed by atoms with Crippen LogP contribution in [0.3, 0.4) is 0 Å². The first-order valence-electron chi connectivity index (χ1n) is 11.5. The molecule has 0 saturated carbocycles. The molecule has 3 aromatic rings. The lowest BCUT2D eigenvalue weighted by molar-refractivity contribution is -0.136. The summed E-state index contributed by atoms with van der Waals surface area (Å²) in [7, 11) is 1.65. The number of nitrogens with zero attached hydrogens (tertiary/aromatic N) is 3. The number of ether oxygens (including phenoxy) is 1. The van der Waals surface area contributed by atoms with Gasteiger partial charge in [0.05, 0.1) is 30.9 Å². The van der Waals surface area contributed by atoms with Crippen molar-refractivity contribution in [2.24, 2.45) is 0 Å². The van der Waals surface area contributed by atoms with Gasteiger partial charge in [-0.2, -0.15) is 0 Å². The van der Waals surface area contributed by atoms with Gasteiger partial charge in [0, 0.05) is 17.8 Å². The maximum atomic E-state index is 13.9. The molecule has 0 aliphatic carbocycles. The summed E-state index contributed by atoms with van der Waals surface area (Å²) >= 11 is 0. The highest BCUT2D eigenvalue weighted by Gasteiger charge is 2.39. The second-order valence-electron chi connectivity index (χ2n) is 8.93. The molecule has 0 N–H and O–H groups in total. The predicted molar refractivity (Wildman–Crippen MR) is 126 cm³/mol. The van der Waals surface area contributed by atoms with Gasteiger partial charge in [0.15, 0.2) is 0 Å². The van der Waals surface area contributed by atoms with E-state index in [1.807, 2.05) is 52.9 Å². The number of aryl methyl sites for hydroxylation is 1. The summed E-state index contributed by atoms with van der Waals surface area (Å²) in [5, 5.41) is 0. The number of piperidine rings is 2. The van der Waals surface area contributed by atoms with Crippen molar-refractivity contribution in [2.75, 3.05) is 7.11 Å². The molecular formula is C27H28FN3O2. The lowest BCUT2D eigenvalue weighted by Gasteiger charge is -2.46. The van der Waals surface area contributed by atoms with Crippen LogP contribution in [0.1, 0.15) is 55.0 Å². The SMILES string of the molecule is COc1cc(C=C2CC[C@@H]3CCC[C@H](c4cccc(F)c4)N3C2=O)ccc1-n1cnc(C)c1. The Morgan fingerprint density at radius 2 is 2.03 bits per heavy atom. The van der Waals surface area contributed by atoms with Gasteiger partial charge in [-0.05, 0) is 80.5 Å². The Kier molecular flexibility index (Phi) is 5.75. The van der Waals surface area contributed by atoms with E-state index in [0.717, 1.165) is 65.9 Å². The minimum absolute atomic E-state index is 0.0634. The molecule has 1 aromatic heterocycles. The highest BCUT2D eigenvalue weighted by atomic mass is 19.1. The molecule has 0 radical (unpaired) electrons. The first-order chi connectivity index (χ1) is 16.0. The molecule has 2 atom stereocenters. The number of aromatic nitrogens is 2. The third-order valence-electron chi connectivity index (χ3n) is 6.77. The third-order valence-corrected chi connectivity index (χ3v) is 6.77. The Hall–Kier alpha value is -3.41. The molecule has 0 spiro atoms. The van der Waals surface area contributed by atoms with E-state index >= 15 is 0 Å². The van der Waals surface area contributed by atoms with Gasteiger partial charge in [0.2, 0.25) is 0 Å². The average molecular weight is 446 g/mol. The van der Waals surface area contributed by atoms with Crippen LogP contribution in [0.5, 0.6) is 5.75 Å². The molecule has 2 saturated heterocycles. The summed E-state index contributed by atoms with van der Waals surface area (Å²) in [6.07, 6.45) is 10.3. The van der Waals surface area contributed by atoms with E-state index < -0.39 is 0 Å². The van der Waals surface area contributed by atoms with Crippen LogP contribution in [0.15, 0.2) is 60.6 Å². The minimum atomic E-state index is -0.255. The third kappa shape index (κ3) is 4.17. The van der Waals surface area contributed by atoms with Crippen LogP contribution in [-0.4, -0.2) is 33.5 Å². The zero-order chi connectivity index (χ0) is 22.9. The standard InChI is InChI=1S/C27H28FN3O2/c1-18-16-30(17-29-18)25-12-9-19(14-26(25)33-2)13-21-10-11-23-7-4-8-24(31(23)27(21)32)20-5-3-6-22(28)15-20/h3,5-6,9,12-17,23-24H,4,7-8,10-11H2,1-2H3/t23-,24+/m0/s1. The Balaban J connectivity index is 1.45. The lowest BCUT2D eigenvalue weighted by atomic mass is 9.84. The van der Waals surface area contributed by atoms with Crippen LogP contribution in [0, 0.1) is 12.7 Å². The maximum Gasteiger partial charge on any atom is 0.250 e. The summed E-state index contributed by atoms with van der Waals surface area (Å²) in [6, 6.07) is 12.8. The Bertz CT molecular complexity index is 1220. The normalized spacial score (nSPS) is 21.8. The molecule has 3 heterocycles. The van der Waals surface area contributed by atoms with E-state index in [9.17, 15) is 9.18 Å². The van der Waals surface area contributed by atoms with Gasteiger partial charge in [-0.1, -0.05) is 18.2 Å². The maximum absolute atomic E-state index is 13.9. The van der Waals surface area contributed by atoms with Crippen molar-refractivity contribution in [3.63, 3.8) is 0 Å². The molecule has 1 amide bonds. The van der Waals surface area contributed by atoms with Crippen LogP contribution in [0.4, 0.5) is 4.39 Å². The first kappa shape index (κ1) is 21.4. The zero-order valence-electron chi connectivity index (χ0n) is 19.0. The van der Waals surface area contributed by atoms with Crippen LogP contribution in [0.2, 0.25) is 0 Å². The number of fused-ring (bicyclic) bond motifs is 1. The fraction of sp³-hybridized carbons (Fsp3) is 0.333. The number of methoxy groups -OCH3 is 1. The number of amides is 1. The average Bonchev–Trinajstić information content (AvgIpc) is 3.26. The quantitative estimate of drug-likeness (QED) is 0.489. The Labute approximate surface area is 193 Å². The zero-order valence-corrected chi connectivity index (χ0v) is 19.0. The van der Waals surface area contributed by atoms with Crippen molar-refractivity contribution in [3.8, 4) is 11.4 Å². The Morgan fingerprint density at radius 1 is 1.15 bits per heavy atom. The van der Waals surface area contributed by atoms with E-state index in [1.54, 1.807) is 25.6 Å². The number of halogens is 1. The van der Waals surface area contributed by atoms with Gasteiger partial charge in [-0.25, -0.2) is 9.37 Å².